The average Bonchev–Trinajstić information content (AvgIpc) is 2.37. The highest BCUT2D eigenvalue weighted by Crippen LogP contribution is 2.21. The number of thioether (sulfide) groups is 1. The highest BCUT2D eigenvalue weighted by atomic mass is 127. The summed E-state index contributed by atoms with van der Waals surface area (Å²) in [5, 5.41) is 3.15. The predicted octanol–water partition coefficient (Wildman–Crippen LogP) is 4.30. The Morgan fingerprint density at radius 1 is 1.40 bits per heavy atom. The molecule has 0 aliphatic rings. The van der Waals surface area contributed by atoms with Crippen LogP contribution in [0.1, 0.15) is 39.2 Å². The Morgan fingerprint density at radius 3 is 2.60 bits per heavy atom. The molecule has 20 heavy (non-hydrogen) atoms. The molecule has 3 nitrogen and oxygen atoms in total. The first-order valence-corrected chi connectivity index (χ1v) is 7.78. The third kappa shape index (κ3) is 6.83. The first-order chi connectivity index (χ1) is 8.84. The Morgan fingerprint density at radius 2 is 2.05 bits per heavy atom. The first kappa shape index (κ1) is 19.6. The van der Waals surface area contributed by atoms with Crippen molar-refractivity contribution in [2.75, 3.05) is 18.1 Å². The van der Waals surface area contributed by atoms with Crippen molar-refractivity contribution in [2.45, 2.75) is 38.4 Å². The van der Waals surface area contributed by atoms with Crippen LogP contribution in [0.4, 0.5) is 5.69 Å². The summed E-state index contributed by atoms with van der Waals surface area (Å²) in [6.45, 7) is 9.38. The minimum Gasteiger partial charge on any atom is -0.370 e. The third-order valence-electron chi connectivity index (χ3n) is 3.01. The van der Waals surface area contributed by atoms with Gasteiger partial charge in [0.25, 0.3) is 0 Å². The molecule has 0 bridgehead atoms. The van der Waals surface area contributed by atoms with Gasteiger partial charge in [0.15, 0.2) is 5.96 Å². The molecule has 3 N–H and O–H groups in total. The second-order valence-corrected chi connectivity index (χ2v) is 7.08. The van der Waals surface area contributed by atoms with Crippen molar-refractivity contribution in [3.63, 3.8) is 0 Å². The fraction of sp³-hybridized carbons (Fsp3) is 0.533. The van der Waals surface area contributed by atoms with E-state index in [1.54, 1.807) is 11.8 Å². The second-order valence-electron chi connectivity index (χ2n) is 5.57. The lowest BCUT2D eigenvalue weighted by atomic mass is 10.0. The topological polar surface area (TPSA) is 50.4 Å². The molecular formula is C15H26IN3S. The zero-order valence-corrected chi connectivity index (χ0v) is 16.1. The van der Waals surface area contributed by atoms with Gasteiger partial charge in [-0.2, -0.15) is 11.8 Å². The fourth-order valence-electron chi connectivity index (χ4n) is 1.50. The molecule has 0 aromatic heterocycles. The minimum atomic E-state index is 0. The van der Waals surface area contributed by atoms with Gasteiger partial charge in [-0.3, -0.25) is 4.99 Å². The van der Waals surface area contributed by atoms with E-state index >= 15 is 0 Å². The van der Waals surface area contributed by atoms with E-state index in [0.29, 0.717) is 18.4 Å². The van der Waals surface area contributed by atoms with Gasteiger partial charge in [-0.1, -0.05) is 26.0 Å². The molecule has 114 valence electrons. The number of anilines is 1. The quantitative estimate of drug-likeness (QED) is 0.435. The van der Waals surface area contributed by atoms with E-state index in [1.807, 2.05) is 12.1 Å². The van der Waals surface area contributed by atoms with E-state index < -0.39 is 0 Å². The molecule has 1 aromatic carbocycles. The minimum absolute atomic E-state index is 0. The SMILES string of the molecule is CSC(C)(C)CN=C(N)Nc1cccc(C(C)C)c1.I. The smallest absolute Gasteiger partial charge is 0.193 e. The van der Waals surface area contributed by atoms with Crippen molar-refractivity contribution in [1.82, 2.24) is 0 Å². The monoisotopic (exact) mass is 407 g/mol. The van der Waals surface area contributed by atoms with Gasteiger partial charge in [-0.25, -0.2) is 0 Å². The number of hydrogen-bond donors (Lipinski definition) is 2. The Balaban J connectivity index is 0.00000361. The molecule has 0 heterocycles. The Bertz CT molecular complexity index is 444. The van der Waals surface area contributed by atoms with Crippen LogP contribution in [-0.4, -0.2) is 23.5 Å². The summed E-state index contributed by atoms with van der Waals surface area (Å²) in [6, 6.07) is 8.29. The van der Waals surface area contributed by atoms with Crippen molar-refractivity contribution in [2.24, 2.45) is 10.7 Å². The van der Waals surface area contributed by atoms with E-state index in [0.717, 1.165) is 5.69 Å². The van der Waals surface area contributed by atoms with Crippen LogP contribution in [0.3, 0.4) is 0 Å². The third-order valence-corrected chi connectivity index (χ3v) is 4.24. The van der Waals surface area contributed by atoms with Crippen molar-refractivity contribution in [1.29, 1.82) is 0 Å². The normalized spacial score (nSPS) is 12.2. The molecule has 5 heteroatoms. The van der Waals surface area contributed by atoms with E-state index in [-0.39, 0.29) is 28.7 Å². The molecule has 0 atom stereocenters. The van der Waals surface area contributed by atoms with Crippen LogP contribution in [0.15, 0.2) is 29.3 Å². The molecule has 0 fully saturated rings. The standard InChI is InChI=1S/C15H25N3S.HI/c1-11(2)12-7-6-8-13(9-12)18-14(16)17-10-15(3,4)19-5;/h6-9,11H,10H2,1-5H3,(H3,16,17,18);1H. The molecule has 0 saturated heterocycles. The second kappa shape index (κ2) is 8.77. The number of hydrogen-bond acceptors (Lipinski definition) is 2. The fourth-order valence-corrected chi connectivity index (χ4v) is 1.70. The van der Waals surface area contributed by atoms with Gasteiger partial charge in [0.2, 0.25) is 0 Å². The number of nitrogens with zero attached hydrogens (tertiary/aromatic N) is 1. The van der Waals surface area contributed by atoms with E-state index in [4.69, 9.17) is 5.73 Å². The number of halogens is 1. The van der Waals surface area contributed by atoms with Gasteiger partial charge in [-0.05, 0) is 43.7 Å². The van der Waals surface area contributed by atoms with Crippen LogP contribution in [-0.2, 0) is 0 Å². The number of benzene rings is 1. The van der Waals surface area contributed by atoms with Gasteiger partial charge < -0.3 is 11.1 Å². The van der Waals surface area contributed by atoms with Crippen molar-refractivity contribution >= 4 is 47.4 Å². The highest BCUT2D eigenvalue weighted by Gasteiger charge is 2.14. The van der Waals surface area contributed by atoms with E-state index in [9.17, 15) is 0 Å². The van der Waals surface area contributed by atoms with Crippen molar-refractivity contribution in [3.8, 4) is 0 Å². The number of nitrogens with one attached hydrogen (secondary N) is 1. The highest BCUT2D eigenvalue weighted by molar-refractivity contribution is 14.0. The first-order valence-electron chi connectivity index (χ1n) is 6.56. The molecule has 0 saturated carbocycles. The zero-order chi connectivity index (χ0) is 14.5. The summed E-state index contributed by atoms with van der Waals surface area (Å²) < 4.78 is 0.117. The molecule has 0 aliphatic heterocycles. The predicted molar refractivity (Wildman–Crippen MR) is 104 cm³/mol. The lowest BCUT2D eigenvalue weighted by Crippen LogP contribution is -2.27. The molecule has 1 aromatic rings. The van der Waals surface area contributed by atoms with E-state index in [2.05, 4.69) is 56.4 Å². The van der Waals surface area contributed by atoms with Crippen LogP contribution in [0.5, 0.6) is 0 Å². The summed E-state index contributed by atoms with van der Waals surface area (Å²) in [7, 11) is 0. The Labute approximate surface area is 144 Å². The lowest BCUT2D eigenvalue weighted by Gasteiger charge is -2.19. The van der Waals surface area contributed by atoms with Crippen molar-refractivity contribution < 1.29 is 0 Å². The maximum absolute atomic E-state index is 5.92. The molecule has 0 spiro atoms. The Kier molecular flexibility index (Phi) is 8.58. The summed E-state index contributed by atoms with van der Waals surface area (Å²) >= 11 is 1.79. The van der Waals surface area contributed by atoms with Gasteiger partial charge in [-0.15, -0.1) is 24.0 Å². The Hall–Kier alpha value is -0.430. The molecule has 0 unspecified atom stereocenters. The van der Waals surface area contributed by atoms with Crippen LogP contribution < -0.4 is 11.1 Å². The van der Waals surface area contributed by atoms with Crippen LogP contribution >= 0.6 is 35.7 Å². The van der Waals surface area contributed by atoms with Gasteiger partial charge >= 0.3 is 0 Å². The van der Waals surface area contributed by atoms with Gasteiger partial charge in [0.1, 0.15) is 0 Å². The largest absolute Gasteiger partial charge is 0.370 e. The maximum Gasteiger partial charge on any atom is 0.193 e. The number of aliphatic imine (C=N–C) groups is 1. The zero-order valence-electron chi connectivity index (χ0n) is 12.9. The van der Waals surface area contributed by atoms with Crippen LogP contribution in [0, 0.1) is 0 Å². The maximum atomic E-state index is 5.92. The van der Waals surface area contributed by atoms with Crippen LogP contribution in [0.25, 0.3) is 0 Å². The van der Waals surface area contributed by atoms with Gasteiger partial charge in [0, 0.05) is 10.4 Å². The summed E-state index contributed by atoms with van der Waals surface area (Å²) in [6.07, 6.45) is 2.09. The summed E-state index contributed by atoms with van der Waals surface area (Å²) in [5.41, 5.74) is 8.21. The average molecular weight is 407 g/mol. The molecule has 0 radical (unpaired) electrons. The number of guanidine groups is 1. The molecular weight excluding hydrogens is 381 g/mol. The number of nitrogens with two attached hydrogens (primary N) is 1. The molecule has 0 amide bonds. The summed E-state index contributed by atoms with van der Waals surface area (Å²) in [4.78, 5) is 4.40. The lowest BCUT2D eigenvalue weighted by molar-refractivity contribution is 0.726. The molecule has 0 aliphatic carbocycles. The van der Waals surface area contributed by atoms with Gasteiger partial charge in [0.05, 0.1) is 6.54 Å². The number of rotatable bonds is 5. The summed E-state index contributed by atoms with van der Waals surface area (Å²) in [5.74, 6) is 0.985. The van der Waals surface area contributed by atoms with E-state index in [1.165, 1.54) is 5.56 Å². The molecule has 1 rings (SSSR count). The van der Waals surface area contributed by atoms with Crippen molar-refractivity contribution in [3.05, 3.63) is 29.8 Å². The van der Waals surface area contributed by atoms with Crippen LogP contribution in [0.2, 0.25) is 0 Å².